The van der Waals surface area contributed by atoms with Crippen molar-refractivity contribution in [3.63, 3.8) is 0 Å². The third-order valence-corrected chi connectivity index (χ3v) is 3.20. The summed E-state index contributed by atoms with van der Waals surface area (Å²) in [6, 6.07) is 8.26. The van der Waals surface area contributed by atoms with Gasteiger partial charge in [0.05, 0.1) is 12.1 Å². The van der Waals surface area contributed by atoms with Crippen LogP contribution in [0.15, 0.2) is 36.9 Å². The molecule has 0 saturated carbocycles. The molecule has 0 saturated heterocycles. The van der Waals surface area contributed by atoms with E-state index in [4.69, 9.17) is 0 Å². The molecule has 0 unspecified atom stereocenters. The number of rotatable bonds is 1. The third-order valence-electron chi connectivity index (χ3n) is 3.20. The van der Waals surface area contributed by atoms with Crippen LogP contribution in [0.5, 0.6) is 0 Å². The lowest BCUT2D eigenvalue weighted by atomic mass is 9.86. The van der Waals surface area contributed by atoms with Gasteiger partial charge in [-0.3, -0.25) is 0 Å². The number of benzene rings is 1. The SMILES string of the molecule is O[C@H]1Cc2ccccc2C[C@@H]1n1cncn1. The fraction of sp³-hybridized carbons (Fsp3) is 0.333. The molecule has 0 amide bonds. The molecule has 2 atom stereocenters. The summed E-state index contributed by atoms with van der Waals surface area (Å²) >= 11 is 0. The van der Waals surface area contributed by atoms with Crippen LogP contribution >= 0.6 is 0 Å². The van der Waals surface area contributed by atoms with Gasteiger partial charge in [-0.15, -0.1) is 0 Å². The van der Waals surface area contributed by atoms with Gasteiger partial charge >= 0.3 is 0 Å². The first-order valence-electron chi connectivity index (χ1n) is 5.43. The van der Waals surface area contributed by atoms with Crippen LogP contribution < -0.4 is 0 Å². The molecule has 2 aromatic rings. The summed E-state index contributed by atoms with van der Waals surface area (Å²) in [6.07, 6.45) is 4.31. The second-order valence-corrected chi connectivity index (χ2v) is 4.19. The van der Waals surface area contributed by atoms with Crippen LogP contribution in [0, 0.1) is 0 Å². The molecule has 4 nitrogen and oxygen atoms in total. The topological polar surface area (TPSA) is 50.9 Å². The van der Waals surface area contributed by atoms with Crippen LogP contribution in [0.2, 0.25) is 0 Å². The minimum atomic E-state index is -0.378. The molecule has 16 heavy (non-hydrogen) atoms. The Hall–Kier alpha value is -1.68. The van der Waals surface area contributed by atoms with E-state index in [9.17, 15) is 5.11 Å². The first-order valence-corrected chi connectivity index (χ1v) is 5.43. The number of aliphatic hydroxyl groups excluding tert-OH is 1. The quantitative estimate of drug-likeness (QED) is 0.771. The molecule has 1 heterocycles. The molecule has 0 bridgehead atoms. The molecule has 0 aliphatic heterocycles. The highest BCUT2D eigenvalue weighted by Crippen LogP contribution is 2.28. The Bertz CT molecular complexity index is 481. The minimum absolute atomic E-state index is 0.0115. The molecule has 82 valence electrons. The van der Waals surface area contributed by atoms with Crippen LogP contribution in [-0.2, 0) is 12.8 Å². The molecule has 1 aliphatic carbocycles. The molecular formula is C12H13N3O. The van der Waals surface area contributed by atoms with E-state index in [1.807, 2.05) is 12.1 Å². The van der Waals surface area contributed by atoms with Crippen molar-refractivity contribution in [2.45, 2.75) is 25.0 Å². The molecule has 1 aliphatic rings. The van der Waals surface area contributed by atoms with Gasteiger partial charge in [-0.25, -0.2) is 9.67 Å². The lowest BCUT2D eigenvalue weighted by molar-refractivity contribution is 0.0977. The van der Waals surface area contributed by atoms with Gasteiger partial charge in [-0.05, 0) is 17.5 Å². The Morgan fingerprint density at radius 2 is 1.94 bits per heavy atom. The predicted octanol–water partition coefficient (Wildman–Crippen LogP) is 0.979. The monoisotopic (exact) mass is 215 g/mol. The number of hydrogen-bond donors (Lipinski definition) is 1. The van der Waals surface area contributed by atoms with E-state index in [1.54, 1.807) is 11.0 Å². The normalized spacial score (nSPS) is 24.1. The maximum atomic E-state index is 10.1. The lowest BCUT2D eigenvalue weighted by Crippen LogP contribution is -2.32. The Morgan fingerprint density at radius 1 is 1.19 bits per heavy atom. The lowest BCUT2D eigenvalue weighted by Gasteiger charge is -2.29. The predicted molar refractivity (Wildman–Crippen MR) is 58.9 cm³/mol. The van der Waals surface area contributed by atoms with Crippen LogP contribution in [0.3, 0.4) is 0 Å². The largest absolute Gasteiger partial charge is 0.391 e. The van der Waals surface area contributed by atoms with Crippen LogP contribution in [0.4, 0.5) is 0 Å². The number of aliphatic hydroxyl groups is 1. The molecule has 1 aromatic heterocycles. The van der Waals surface area contributed by atoms with Gasteiger partial charge in [-0.1, -0.05) is 24.3 Å². The third kappa shape index (κ3) is 1.51. The Kier molecular flexibility index (Phi) is 2.22. The van der Waals surface area contributed by atoms with Crippen molar-refractivity contribution in [1.29, 1.82) is 0 Å². The van der Waals surface area contributed by atoms with Gasteiger partial charge in [-0.2, -0.15) is 5.10 Å². The van der Waals surface area contributed by atoms with E-state index < -0.39 is 0 Å². The molecule has 1 N–H and O–H groups in total. The molecule has 0 radical (unpaired) electrons. The van der Waals surface area contributed by atoms with Gasteiger partial charge in [0.1, 0.15) is 12.7 Å². The molecule has 4 heteroatoms. The summed E-state index contributed by atoms with van der Waals surface area (Å²) in [5.41, 5.74) is 2.54. The number of fused-ring (bicyclic) bond motifs is 1. The summed E-state index contributed by atoms with van der Waals surface area (Å²) in [5.74, 6) is 0. The molecule has 1 aromatic carbocycles. The highest BCUT2D eigenvalue weighted by atomic mass is 16.3. The first-order chi connectivity index (χ1) is 7.84. The minimum Gasteiger partial charge on any atom is -0.391 e. The van der Waals surface area contributed by atoms with Gasteiger partial charge < -0.3 is 5.11 Å². The Labute approximate surface area is 93.6 Å². The van der Waals surface area contributed by atoms with Crippen molar-refractivity contribution in [2.75, 3.05) is 0 Å². The Balaban J connectivity index is 1.95. The van der Waals surface area contributed by atoms with E-state index >= 15 is 0 Å². The van der Waals surface area contributed by atoms with Gasteiger partial charge in [0.2, 0.25) is 0 Å². The van der Waals surface area contributed by atoms with Crippen molar-refractivity contribution < 1.29 is 5.11 Å². The van der Waals surface area contributed by atoms with Crippen molar-refractivity contribution in [3.8, 4) is 0 Å². The highest BCUT2D eigenvalue weighted by Gasteiger charge is 2.28. The smallest absolute Gasteiger partial charge is 0.137 e. The number of aromatic nitrogens is 3. The maximum Gasteiger partial charge on any atom is 0.137 e. The number of hydrogen-bond acceptors (Lipinski definition) is 3. The number of nitrogens with zero attached hydrogens (tertiary/aromatic N) is 3. The molecule has 3 rings (SSSR count). The van der Waals surface area contributed by atoms with E-state index in [0.29, 0.717) is 6.42 Å². The summed E-state index contributed by atoms with van der Waals surface area (Å²) in [4.78, 5) is 3.93. The Morgan fingerprint density at radius 3 is 2.62 bits per heavy atom. The molecular weight excluding hydrogens is 202 g/mol. The fourth-order valence-electron chi connectivity index (χ4n) is 2.34. The van der Waals surface area contributed by atoms with Crippen molar-refractivity contribution in [1.82, 2.24) is 14.8 Å². The van der Waals surface area contributed by atoms with E-state index in [-0.39, 0.29) is 12.1 Å². The zero-order chi connectivity index (χ0) is 11.0. The maximum absolute atomic E-state index is 10.1. The second-order valence-electron chi connectivity index (χ2n) is 4.19. The standard InChI is InChI=1S/C12H13N3O/c16-12-6-10-4-2-1-3-9(10)5-11(12)15-8-13-7-14-15/h1-4,7-8,11-12,16H,5-6H2/t11-,12-/m0/s1. The van der Waals surface area contributed by atoms with E-state index in [0.717, 1.165) is 6.42 Å². The second kappa shape index (κ2) is 3.72. The van der Waals surface area contributed by atoms with Crippen LogP contribution in [0.25, 0.3) is 0 Å². The van der Waals surface area contributed by atoms with Gasteiger partial charge in [0.25, 0.3) is 0 Å². The average molecular weight is 215 g/mol. The fourth-order valence-corrected chi connectivity index (χ4v) is 2.34. The van der Waals surface area contributed by atoms with Crippen LogP contribution in [0.1, 0.15) is 17.2 Å². The van der Waals surface area contributed by atoms with Gasteiger partial charge in [0.15, 0.2) is 0 Å². The molecule has 0 spiro atoms. The summed E-state index contributed by atoms with van der Waals surface area (Å²) in [6.45, 7) is 0. The van der Waals surface area contributed by atoms with Gasteiger partial charge in [0, 0.05) is 6.42 Å². The van der Waals surface area contributed by atoms with Crippen LogP contribution in [-0.4, -0.2) is 26.0 Å². The molecule has 0 fully saturated rings. The summed E-state index contributed by atoms with van der Waals surface area (Å²) in [7, 11) is 0. The van der Waals surface area contributed by atoms with E-state index in [2.05, 4.69) is 22.2 Å². The van der Waals surface area contributed by atoms with Crippen molar-refractivity contribution in [3.05, 3.63) is 48.0 Å². The van der Waals surface area contributed by atoms with E-state index in [1.165, 1.54) is 17.5 Å². The zero-order valence-electron chi connectivity index (χ0n) is 8.82. The van der Waals surface area contributed by atoms with Crippen molar-refractivity contribution >= 4 is 0 Å². The highest BCUT2D eigenvalue weighted by molar-refractivity contribution is 5.31. The zero-order valence-corrected chi connectivity index (χ0v) is 8.82. The first kappa shape index (κ1) is 9.54. The summed E-state index contributed by atoms with van der Waals surface area (Å²) in [5, 5.41) is 14.2. The summed E-state index contributed by atoms with van der Waals surface area (Å²) < 4.78 is 1.75. The average Bonchev–Trinajstić information content (AvgIpc) is 2.81. The van der Waals surface area contributed by atoms with Crippen molar-refractivity contribution in [2.24, 2.45) is 0 Å².